The maximum Gasteiger partial charge on any atom is 0.341 e. The van der Waals surface area contributed by atoms with Gasteiger partial charge in [0.2, 0.25) is 0 Å². The number of allylic oxidation sites excluding steroid dienone is 2. The van der Waals surface area contributed by atoms with Crippen molar-refractivity contribution in [3.05, 3.63) is 54.3 Å². The minimum Gasteiger partial charge on any atom is -0.462 e. The van der Waals surface area contributed by atoms with Crippen LogP contribution >= 0.6 is 0 Å². The van der Waals surface area contributed by atoms with E-state index in [-0.39, 0.29) is 18.0 Å². The molecule has 0 atom stereocenters. The Labute approximate surface area is 119 Å². The second-order valence-corrected chi connectivity index (χ2v) is 4.14. The maximum atomic E-state index is 11.6. The average molecular weight is 273 g/mol. The molecule has 0 aliphatic carbocycles. The van der Waals surface area contributed by atoms with Gasteiger partial charge >= 0.3 is 5.97 Å². The lowest BCUT2D eigenvalue weighted by Gasteiger charge is -2.13. The summed E-state index contributed by atoms with van der Waals surface area (Å²) in [5.41, 5.74) is 1.06. The Balaban J connectivity index is 2.79. The highest BCUT2D eigenvalue weighted by molar-refractivity contribution is 6.16. The van der Waals surface area contributed by atoms with Crippen LogP contribution in [0.5, 0.6) is 0 Å². The second kappa shape index (κ2) is 7.94. The molecule has 0 aliphatic heterocycles. The molecule has 0 saturated heterocycles. The average Bonchev–Trinajstić information content (AvgIpc) is 2.44. The van der Waals surface area contributed by atoms with Crippen molar-refractivity contribution in [3.63, 3.8) is 0 Å². The lowest BCUT2D eigenvalue weighted by atomic mass is 10.2. The monoisotopic (exact) mass is 273 g/mol. The van der Waals surface area contributed by atoms with Crippen LogP contribution in [-0.2, 0) is 14.3 Å². The predicted molar refractivity (Wildman–Crippen MR) is 79.4 cm³/mol. The number of carbonyl (C=O) groups excluding carboxylic acids is 2. The molecule has 0 aliphatic rings. The van der Waals surface area contributed by atoms with Crippen molar-refractivity contribution in [1.82, 2.24) is 0 Å². The Hall–Kier alpha value is -2.36. The highest BCUT2D eigenvalue weighted by Gasteiger charge is 2.14. The molecule has 0 spiro atoms. The molecule has 0 N–H and O–H groups in total. The van der Waals surface area contributed by atoms with Crippen molar-refractivity contribution < 1.29 is 14.3 Å². The number of ether oxygens (including phenoxy) is 1. The molecule has 0 radical (unpaired) electrons. The Kier molecular flexibility index (Phi) is 6.23. The first-order valence-electron chi connectivity index (χ1n) is 6.40. The normalized spacial score (nSPS) is 11.4. The SMILES string of the molecule is CCOC(=O)/C(=C/C=C/N(C)c1ccccc1)C(C)=O. The van der Waals surface area contributed by atoms with Crippen LogP contribution in [0.2, 0.25) is 0 Å². The van der Waals surface area contributed by atoms with Crippen LogP contribution in [0, 0.1) is 0 Å². The number of nitrogens with zero attached hydrogens (tertiary/aromatic N) is 1. The van der Waals surface area contributed by atoms with Gasteiger partial charge in [-0.15, -0.1) is 0 Å². The molecule has 0 fully saturated rings. The number of benzene rings is 1. The van der Waals surface area contributed by atoms with Gasteiger partial charge < -0.3 is 9.64 Å². The number of para-hydroxylation sites is 1. The lowest BCUT2D eigenvalue weighted by Crippen LogP contribution is -2.13. The zero-order valence-electron chi connectivity index (χ0n) is 12.0. The minimum absolute atomic E-state index is 0.0459. The highest BCUT2D eigenvalue weighted by Crippen LogP contribution is 2.11. The Bertz CT molecular complexity index is 518. The fourth-order valence-corrected chi connectivity index (χ4v) is 1.56. The predicted octanol–water partition coefficient (Wildman–Crippen LogP) is 2.72. The lowest BCUT2D eigenvalue weighted by molar-refractivity contribution is -0.139. The number of esters is 1. The van der Waals surface area contributed by atoms with Crippen molar-refractivity contribution in [1.29, 1.82) is 0 Å². The number of ketones is 1. The first-order valence-corrected chi connectivity index (χ1v) is 6.40. The highest BCUT2D eigenvalue weighted by atomic mass is 16.5. The number of hydrogen-bond acceptors (Lipinski definition) is 4. The third-order valence-electron chi connectivity index (χ3n) is 2.61. The van der Waals surface area contributed by atoms with Gasteiger partial charge in [-0.2, -0.15) is 0 Å². The third-order valence-corrected chi connectivity index (χ3v) is 2.61. The van der Waals surface area contributed by atoms with Gasteiger partial charge in [0.1, 0.15) is 5.57 Å². The Morgan fingerprint density at radius 2 is 1.90 bits per heavy atom. The van der Waals surface area contributed by atoms with Gasteiger partial charge in [0.15, 0.2) is 5.78 Å². The molecule has 0 saturated carbocycles. The molecule has 1 aromatic carbocycles. The van der Waals surface area contributed by atoms with E-state index in [1.54, 1.807) is 19.2 Å². The van der Waals surface area contributed by atoms with E-state index in [0.29, 0.717) is 0 Å². The van der Waals surface area contributed by atoms with Crippen molar-refractivity contribution in [3.8, 4) is 0 Å². The van der Waals surface area contributed by atoms with Gasteiger partial charge in [0.25, 0.3) is 0 Å². The van der Waals surface area contributed by atoms with Crippen LogP contribution < -0.4 is 4.90 Å². The van der Waals surface area contributed by atoms with Gasteiger partial charge in [0.05, 0.1) is 6.61 Å². The first kappa shape index (κ1) is 15.7. The van der Waals surface area contributed by atoms with Crippen LogP contribution in [0.25, 0.3) is 0 Å². The molecule has 0 unspecified atom stereocenters. The molecule has 0 bridgehead atoms. The molecule has 1 aromatic rings. The fourth-order valence-electron chi connectivity index (χ4n) is 1.56. The third kappa shape index (κ3) is 4.72. The summed E-state index contributed by atoms with van der Waals surface area (Å²) in [6.45, 7) is 3.29. The number of anilines is 1. The van der Waals surface area contributed by atoms with E-state index in [4.69, 9.17) is 4.74 Å². The van der Waals surface area contributed by atoms with Gasteiger partial charge in [0, 0.05) is 18.9 Å². The van der Waals surface area contributed by atoms with Crippen LogP contribution in [0.3, 0.4) is 0 Å². The topological polar surface area (TPSA) is 46.6 Å². The summed E-state index contributed by atoms with van der Waals surface area (Å²) in [4.78, 5) is 24.8. The summed E-state index contributed by atoms with van der Waals surface area (Å²) in [5, 5.41) is 0. The van der Waals surface area contributed by atoms with Crippen molar-refractivity contribution in [2.24, 2.45) is 0 Å². The van der Waals surface area contributed by atoms with Crippen molar-refractivity contribution in [2.75, 3.05) is 18.6 Å². The summed E-state index contributed by atoms with van der Waals surface area (Å²) in [6, 6.07) is 9.75. The Morgan fingerprint density at radius 1 is 1.25 bits per heavy atom. The standard InChI is InChI=1S/C16H19NO3/c1-4-20-16(19)15(13(2)18)11-8-12-17(3)14-9-6-5-7-10-14/h5-12H,4H2,1-3H3/b12-8+,15-11+. The van der Waals surface area contributed by atoms with E-state index in [2.05, 4.69) is 0 Å². The zero-order valence-corrected chi connectivity index (χ0v) is 12.0. The van der Waals surface area contributed by atoms with E-state index in [1.165, 1.54) is 13.0 Å². The summed E-state index contributed by atoms with van der Waals surface area (Å²) >= 11 is 0. The molecule has 0 aromatic heterocycles. The van der Waals surface area contributed by atoms with E-state index in [1.807, 2.05) is 42.3 Å². The second-order valence-electron chi connectivity index (χ2n) is 4.14. The zero-order chi connectivity index (χ0) is 15.0. The smallest absolute Gasteiger partial charge is 0.341 e. The first-order chi connectivity index (χ1) is 9.56. The van der Waals surface area contributed by atoms with Crippen LogP contribution in [-0.4, -0.2) is 25.4 Å². The number of hydrogen-bond donors (Lipinski definition) is 0. The van der Waals surface area contributed by atoms with Crippen molar-refractivity contribution >= 4 is 17.4 Å². The van der Waals surface area contributed by atoms with Crippen LogP contribution in [0.15, 0.2) is 54.3 Å². The molecular weight excluding hydrogens is 254 g/mol. The van der Waals surface area contributed by atoms with E-state index < -0.39 is 5.97 Å². The largest absolute Gasteiger partial charge is 0.462 e. The molecular formula is C16H19NO3. The minimum atomic E-state index is -0.591. The fraction of sp³-hybridized carbons (Fsp3) is 0.250. The van der Waals surface area contributed by atoms with E-state index >= 15 is 0 Å². The molecule has 106 valence electrons. The molecule has 4 heteroatoms. The van der Waals surface area contributed by atoms with Gasteiger partial charge in [-0.3, -0.25) is 4.79 Å². The summed E-state index contributed by atoms with van der Waals surface area (Å²) in [6.07, 6.45) is 4.90. The summed E-state index contributed by atoms with van der Waals surface area (Å²) < 4.78 is 4.83. The van der Waals surface area contributed by atoms with Gasteiger partial charge in [-0.05, 0) is 38.1 Å². The molecule has 1 rings (SSSR count). The number of Topliss-reactive ketones (excluding diaryl/α,β-unsaturated/α-hetero) is 1. The van der Waals surface area contributed by atoms with Crippen LogP contribution in [0.4, 0.5) is 5.69 Å². The van der Waals surface area contributed by atoms with E-state index in [9.17, 15) is 9.59 Å². The molecule has 20 heavy (non-hydrogen) atoms. The maximum absolute atomic E-state index is 11.6. The van der Waals surface area contributed by atoms with Crippen LogP contribution in [0.1, 0.15) is 13.8 Å². The molecule has 4 nitrogen and oxygen atoms in total. The Morgan fingerprint density at radius 3 is 2.45 bits per heavy atom. The quantitative estimate of drug-likeness (QED) is 0.263. The van der Waals surface area contributed by atoms with Gasteiger partial charge in [-0.1, -0.05) is 18.2 Å². The number of rotatable bonds is 6. The number of carbonyl (C=O) groups is 2. The summed E-state index contributed by atoms with van der Waals surface area (Å²) in [7, 11) is 1.89. The summed E-state index contributed by atoms with van der Waals surface area (Å²) in [5.74, 6) is -0.900. The molecule has 0 heterocycles. The molecule has 0 amide bonds. The van der Waals surface area contributed by atoms with Gasteiger partial charge in [-0.25, -0.2) is 4.79 Å². The van der Waals surface area contributed by atoms with Crippen molar-refractivity contribution in [2.45, 2.75) is 13.8 Å². The van der Waals surface area contributed by atoms with E-state index in [0.717, 1.165) is 5.69 Å².